The van der Waals surface area contributed by atoms with Gasteiger partial charge in [0.1, 0.15) is 0 Å². The van der Waals surface area contributed by atoms with Crippen LogP contribution in [0.25, 0.3) is 37.7 Å². The summed E-state index contributed by atoms with van der Waals surface area (Å²) >= 11 is 9.62. The number of likely N-dealkylation sites (tertiary alicyclic amines) is 2. The second-order valence-electron chi connectivity index (χ2n) is 16.9. The number of amidine groups is 2. The summed E-state index contributed by atoms with van der Waals surface area (Å²) in [7, 11) is 0. The number of nitrogens with one attached hydrogen (secondary N) is 1. The van der Waals surface area contributed by atoms with Gasteiger partial charge in [0.2, 0.25) is 5.91 Å². The highest BCUT2D eigenvalue weighted by Gasteiger charge is 2.39. The molecule has 3 aromatic heterocycles. The molecule has 1 atom stereocenters. The summed E-state index contributed by atoms with van der Waals surface area (Å²) in [6.45, 7) is 15.6. The van der Waals surface area contributed by atoms with Crippen LogP contribution in [-0.2, 0) is 17.9 Å². The summed E-state index contributed by atoms with van der Waals surface area (Å²) < 4.78 is 2.45. The fourth-order valence-electron chi connectivity index (χ4n) is 9.65. The molecule has 1 amide bonds. The van der Waals surface area contributed by atoms with Crippen molar-refractivity contribution in [2.75, 3.05) is 31.1 Å². The molecule has 2 saturated heterocycles. The number of hydrogen-bond donors (Lipinski definition) is 1. The van der Waals surface area contributed by atoms with Crippen molar-refractivity contribution < 1.29 is 4.79 Å². The van der Waals surface area contributed by atoms with Crippen LogP contribution in [0.4, 0.5) is 5.00 Å². The maximum Gasteiger partial charge on any atom is 0.225 e. The molecule has 0 aliphatic carbocycles. The molecular formula is C48H51ClN7OS2-. The first-order valence-corrected chi connectivity index (χ1v) is 22.9. The molecule has 9 rings (SSSR count). The first-order valence-electron chi connectivity index (χ1n) is 20.9. The third kappa shape index (κ3) is 7.36. The van der Waals surface area contributed by atoms with Gasteiger partial charge in [-0.05, 0) is 143 Å². The number of aryl methyl sites for hydroxylation is 3. The maximum absolute atomic E-state index is 14.1. The lowest BCUT2D eigenvalue weighted by atomic mass is 9.71. The number of hydrogen-bond acceptors (Lipinski definition) is 6. The van der Waals surface area contributed by atoms with E-state index in [-0.39, 0.29) is 29.4 Å². The minimum atomic E-state index is -0.822. The Kier molecular flexibility index (Phi) is 10.6. The van der Waals surface area contributed by atoms with E-state index in [9.17, 15) is 10.2 Å². The Balaban J connectivity index is 0.860. The van der Waals surface area contributed by atoms with Crippen molar-refractivity contribution in [2.45, 2.75) is 85.9 Å². The van der Waals surface area contributed by atoms with Gasteiger partial charge in [0, 0.05) is 84.7 Å². The third-order valence-electron chi connectivity index (χ3n) is 13.2. The van der Waals surface area contributed by atoms with Gasteiger partial charge in [0.25, 0.3) is 0 Å². The lowest BCUT2D eigenvalue weighted by Crippen LogP contribution is -2.49. The largest absolute Gasteiger partial charge is 0.466 e. The van der Waals surface area contributed by atoms with Gasteiger partial charge in [0.05, 0.1) is 18.2 Å². The van der Waals surface area contributed by atoms with Gasteiger partial charge in [-0.25, -0.2) is 0 Å². The van der Waals surface area contributed by atoms with Crippen molar-refractivity contribution in [1.29, 1.82) is 5.41 Å². The molecular weight excluding hydrogens is 790 g/mol. The summed E-state index contributed by atoms with van der Waals surface area (Å²) in [5, 5.41) is 26.7. The van der Waals surface area contributed by atoms with Crippen LogP contribution in [0.1, 0.15) is 78.6 Å². The third-order valence-corrected chi connectivity index (χ3v) is 15.7. The van der Waals surface area contributed by atoms with E-state index in [1.807, 2.05) is 47.4 Å². The van der Waals surface area contributed by atoms with E-state index < -0.39 is 6.04 Å². The van der Waals surface area contributed by atoms with Crippen molar-refractivity contribution in [3.8, 4) is 10.4 Å². The van der Waals surface area contributed by atoms with Crippen molar-refractivity contribution in [3.05, 3.63) is 115 Å². The van der Waals surface area contributed by atoms with Crippen molar-refractivity contribution in [2.24, 2.45) is 10.4 Å². The predicted octanol–water partition coefficient (Wildman–Crippen LogP) is 11.5. The number of amides is 1. The normalized spacial score (nSPS) is 18.4. The zero-order valence-electron chi connectivity index (χ0n) is 34.6. The Morgan fingerprint density at radius 1 is 0.915 bits per heavy atom. The zero-order chi connectivity index (χ0) is 41.2. The number of anilines is 1. The molecule has 6 aromatic rings. The average molecular weight is 842 g/mol. The Hall–Kier alpha value is -4.61. The Morgan fingerprint density at radius 3 is 2.31 bits per heavy atom. The minimum Gasteiger partial charge on any atom is -0.466 e. The van der Waals surface area contributed by atoms with Crippen LogP contribution in [0.2, 0.25) is 5.02 Å². The SMILES string of the molecule is CCn1c2ccc(CN3CCC4(CC3)CCN(C(=O)C[C@@H]3N=C(c5ccc(Cl)cc5)c5c(sc(C)c5C)N(C(C)=N)C3=[N-])CC4)cc2c2ccc(-c3cc(C)cs3)cc21. The molecule has 304 valence electrons. The Labute approximate surface area is 360 Å². The number of thiophene rings is 2. The molecule has 0 unspecified atom stereocenters. The number of carbonyl (C=O) groups excluding carboxylic acids is 1. The molecule has 3 aliphatic heterocycles. The van der Waals surface area contributed by atoms with E-state index in [1.54, 1.807) is 11.8 Å². The summed E-state index contributed by atoms with van der Waals surface area (Å²) in [6, 6.07) is 23.0. The predicted molar refractivity (Wildman–Crippen MR) is 249 cm³/mol. The van der Waals surface area contributed by atoms with Crippen molar-refractivity contribution in [1.82, 2.24) is 14.4 Å². The number of aliphatic imine (C=N–C) groups is 1. The molecule has 0 bridgehead atoms. The standard InChI is InChI=1S/C48H51ClN7OS2/c1-6-55-40-14-7-33(24-38(40)37-13-10-35(25-41(37)55)42-23-29(2)28-58-42)27-53-19-15-48(16-20-53)17-21-54(22-18-48)43(57)26-39-46(51)56(32(5)50)47-44(30(3)31(4)59-47)45(52-39)34-8-11-36(49)12-9-34/h7-14,23-25,28,39,50H,6,15-22,26-27H2,1-5H3/q-1/t39-/m0/s1. The molecule has 1 N–H and O–H groups in total. The number of benzene rings is 3. The van der Waals surface area contributed by atoms with Crippen LogP contribution in [0.5, 0.6) is 0 Å². The summed E-state index contributed by atoms with van der Waals surface area (Å²) in [4.78, 5) is 27.8. The van der Waals surface area contributed by atoms with Crippen LogP contribution < -0.4 is 4.90 Å². The summed E-state index contributed by atoms with van der Waals surface area (Å²) in [6.07, 6.45) is 4.29. The fraction of sp³-hybridized carbons (Fsp3) is 0.375. The number of nitrogens with zero attached hydrogens (tertiary/aromatic N) is 6. The average Bonchev–Trinajstić information content (AvgIpc) is 3.87. The zero-order valence-corrected chi connectivity index (χ0v) is 37.0. The van der Waals surface area contributed by atoms with E-state index >= 15 is 0 Å². The number of aromatic nitrogens is 1. The molecule has 3 aliphatic rings. The molecule has 6 heterocycles. The van der Waals surface area contributed by atoms with Crippen molar-refractivity contribution in [3.63, 3.8) is 0 Å². The number of rotatable bonds is 7. The highest BCUT2D eigenvalue weighted by molar-refractivity contribution is 7.17. The lowest BCUT2D eigenvalue weighted by Gasteiger charge is -2.47. The van der Waals surface area contributed by atoms with Gasteiger partial charge < -0.3 is 25.2 Å². The van der Waals surface area contributed by atoms with Gasteiger partial charge in [0.15, 0.2) is 0 Å². The molecule has 59 heavy (non-hydrogen) atoms. The first kappa shape index (κ1) is 39.8. The molecule has 0 radical (unpaired) electrons. The second kappa shape index (κ2) is 15.8. The fourth-order valence-corrected chi connectivity index (χ4v) is 11.9. The number of fused-ring (bicyclic) bond motifs is 4. The minimum absolute atomic E-state index is 0.00792. The van der Waals surface area contributed by atoms with Crippen LogP contribution in [0.15, 0.2) is 77.1 Å². The molecule has 2 fully saturated rings. The van der Waals surface area contributed by atoms with Gasteiger partial charge in [-0.15, -0.1) is 22.7 Å². The number of halogens is 1. The second-order valence-corrected chi connectivity index (χ2v) is 19.5. The molecule has 1 spiro atoms. The van der Waals surface area contributed by atoms with E-state index in [2.05, 4.69) is 78.1 Å². The molecule has 11 heteroatoms. The topological polar surface area (TPSA) is 90.2 Å². The molecule has 8 nitrogen and oxygen atoms in total. The van der Waals surface area contributed by atoms with Gasteiger partial charge >= 0.3 is 0 Å². The van der Waals surface area contributed by atoms with Gasteiger partial charge in [-0.3, -0.25) is 14.7 Å². The van der Waals surface area contributed by atoms with E-state index in [4.69, 9.17) is 22.0 Å². The monoisotopic (exact) mass is 840 g/mol. The summed E-state index contributed by atoms with van der Waals surface area (Å²) in [5.41, 5.74) is 10.3. The smallest absolute Gasteiger partial charge is 0.225 e. The summed E-state index contributed by atoms with van der Waals surface area (Å²) in [5.74, 6) is 0.0998. The van der Waals surface area contributed by atoms with Gasteiger partial charge in [-0.2, -0.15) is 0 Å². The van der Waals surface area contributed by atoms with Crippen LogP contribution in [0.3, 0.4) is 0 Å². The lowest BCUT2D eigenvalue weighted by molar-refractivity contribution is -0.134. The highest BCUT2D eigenvalue weighted by Crippen LogP contribution is 2.43. The number of carbonyl (C=O) groups is 1. The van der Waals surface area contributed by atoms with E-state index in [0.29, 0.717) is 23.8 Å². The maximum atomic E-state index is 14.1. The quantitative estimate of drug-likeness (QED) is 0.128. The van der Waals surface area contributed by atoms with Crippen LogP contribution in [0, 0.1) is 31.6 Å². The first-order chi connectivity index (χ1) is 28.4. The Morgan fingerprint density at radius 2 is 1.63 bits per heavy atom. The van der Waals surface area contributed by atoms with Crippen LogP contribution >= 0.6 is 34.3 Å². The van der Waals surface area contributed by atoms with Crippen molar-refractivity contribution >= 4 is 84.4 Å². The molecule has 3 aromatic carbocycles. The Bertz CT molecular complexity index is 2650. The van der Waals surface area contributed by atoms with Gasteiger partial charge in [-0.1, -0.05) is 47.8 Å². The number of piperidine rings is 2. The van der Waals surface area contributed by atoms with Crippen LogP contribution in [-0.4, -0.2) is 69.9 Å². The van der Waals surface area contributed by atoms with E-state index in [0.717, 1.165) is 78.4 Å². The highest BCUT2D eigenvalue weighted by atomic mass is 35.5. The molecule has 0 saturated carbocycles. The van der Waals surface area contributed by atoms with E-state index in [1.165, 1.54) is 54.7 Å².